The van der Waals surface area contributed by atoms with Crippen molar-refractivity contribution in [2.45, 2.75) is 85.4 Å². The molecule has 0 radical (unpaired) electrons. The third-order valence-electron chi connectivity index (χ3n) is 6.21. The molecule has 8 nitrogen and oxygen atoms in total. The van der Waals surface area contributed by atoms with E-state index in [2.05, 4.69) is 9.72 Å². The minimum atomic E-state index is -4.09. The van der Waals surface area contributed by atoms with Gasteiger partial charge in [0.05, 0.1) is 11.5 Å². The summed E-state index contributed by atoms with van der Waals surface area (Å²) in [6.45, 7) is 12.1. The molecular weight excluding hydrogens is 451 g/mol. The van der Waals surface area contributed by atoms with Gasteiger partial charge in [-0.25, -0.2) is 4.79 Å². The number of nitrogens with two attached hydrogens (primary N) is 2. The Labute approximate surface area is 199 Å². The Balaban J connectivity index is 0.000000493. The van der Waals surface area contributed by atoms with Crippen LogP contribution in [0.1, 0.15) is 72.3 Å². The van der Waals surface area contributed by atoms with Crippen molar-refractivity contribution in [3.8, 4) is 0 Å². The fourth-order valence-electron chi connectivity index (χ4n) is 4.42. The molecule has 1 aliphatic heterocycles. The fraction of sp³-hybridized carbons (Fsp3) is 0.783. The average molecular weight is 492 g/mol. The van der Waals surface area contributed by atoms with Crippen LogP contribution in [-0.2, 0) is 11.8 Å². The van der Waals surface area contributed by atoms with Crippen LogP contribution in [0.5, 0.6) is 0 Å². The standard InChI is InChI=1S/C16H23F3N4O.C5H11NO2.C2H6/c1-10-12(20)21-14(22(2)13(10)24)23-7-5-15(6-8-23)4-3-11(9-15)16(17,18)19;1-5(2,3)8-4(6)7;1-2/h11H,3-9,20H2,1-2H3;1-3H3,(H2,6,7);1-2H3. The Morgan fingerprint density at radius 1 is 1.15 bits per heavy atom. The van der Waals surface area contributed by atoms with Crippen LogP contribution in [0.3, 0.4) is 0 Å². The first-order chi connectivity index (χ1) is 15.5. The summed E-state index contributed by atoms with van der Waals surface area (Å²) in [4.78, 5) is 28.4. The quantitative estimate of drug-likeness (QED) is 0.596. The van der Waals surface area contributed by atoms with Gasteiger partial charge in [-0.1, -0.05) is 13.8 Å². The number of aromatic nitrogens is 2. The molecule has 1 aromatic heterocycles. The number of alkyl halides is 3. The second kappa shape index (κ2) is 11.3. The molecule has 34 heavy (non-hydrogen) atoms. The highest BCUT2D eigenvalue weighted by Gasteiger charge is 2.51. The highest BCUT2D eigenvalue weighted by atomic mass is 19.4. The molecule has 0 bridgehead atoms. The van der Waals surface area contributed by atoms with Gasteiger partial charge >= 0.3 is 12.3 Å². The maximum Gasteiger partial charge on any atom is 0.405 e. The molecule has 1 atom stereocenters. The normalized spacial score (nSPS) is 19.6. The number of primary amides is 1. The summed E-state index contributed by atoms with van der Waals surface area (Å²) in [5.74, 6) is -0.448. The first-order valence-corrected chi connectivity index (χ1v) is 11.7. The lowest BCUT2D eigenvalue weighted by Crippen LogP contribution is -2.42. The van der Waals surface area contributed by atoms with Gasteiger partial charge in [0.25, 0.3) is 5.56 Å². The van der Waals surface area contributed by atoms with Crippen LogP contribution in [0.2, 0.25) is 0 Å². The summed E-state index contributed by atoms with van der Waals surface area (Å²) in [5, 5.41) is 0. The largest absolute Gasteiger partial charge is 0.444 e. The van der Waals surface area contributed by atoms with Crippen molar-refractivity contribution >= 4 is 17.9 Å². The van der Waals surface area contributed by atoms with E-state index in [0.717, 1.165) is 0 Å². The van der Waals surface area contributed by atoms with Gasteiger partial charge in [-0.2, -0.15) is 18.2 Å². The first-order valence-electron chi connectivity index (χ1n) is 11.7. The zero-order chi connectivity index (χ0) is 26.5. The molecule has 1 aromatic rings. The molecule has 1 aliphatic carbocycles. The third-order valence-corrected chi connectivity index (χ3v) is 6.21. The minimum Gasteiger partial charge on any atom is -0.444 e. The summed E-state index contributed by atoms with van der Waals surface area (Å²) >= 11 is 0. The SMILES string of the molecule is CC.CC(C)(C)OC(N)=O.Cc1c(N)nc(N2CCC3(CCC(C(F)(F)F)C3)CC2)n(C)c1=O. The number of carbonyl (C=O) groups excluding carboxylic acids is 1. The Hall–Kier alpha value is -2.46. The Bertz CT molecular complexity index is 886. The topological polar surface area (TPSA) is 116 Å². The van der Waals surface area contributed by atoms with Gasteiger partial charge in [-0.05, 0) is 65.2 Å². The molecule has 196 valence electrons. The molecule has 1 unspecified atom stereocenters. The van der Waals surface area contributed by atoms with Gasteiger partial charge in [0.15, 0.2) is 0 Å². The summed E-state index contributed by atoms with van der Waals surface area (Å²) < 4.78 is 44.9. The molecule has 3 rings (SSSR count). The van der Waals surface area contributed by atoms with Gasteiger partial charge in [0, 0.05) is 20.1 Å². The first kappa shape index (κ1) is 29.6. The van der Waals surface area contributed by atoms with Gasteiger partial charge in [-0.15, -0.1) is 0 Å². The number of amides is 1. The van der Waals surface area contributed by atoms with E-state index in [1.807, 2.05) is 18.7 Å². The van der Waals surface area contributed by atoms with Crippen LogP contribution in [0.25, 0.3) is 0 Å². The zero-order valence-corrected chi connectivity index (χ0v) is 21.4. The van der Waals surface area contributed by atoms with E-state index in [-0.39, 0.29) is 29.6 Å². The molecule has 1 saturated carbocycles. The average Bonchev–Trinajstić information content (AvgIpc) is 3.14. The van der Waals surface area contributed by atoms with E-state index in [0.29, 0.717) is 43.9 Å². The number of rotatable bonds is 1. The summed E-state index contributed by atoms with van der Waals surface area (Å²) in [5.41, 5.74) is 10.1. The highest BCUT2D eigenvalue weighted by molar-refractivity contribution is 5.65. The van der Waals surface area contributed by atoms with Crippen molar-refractivity contribution in [2.75, 3.05) is 23.7 Å². The van der Waals surface area contributed by atoms with Crippen LogP contribution in [0.15, 0.2) is 4.79 Å². The molecule has 1 spiro atoms. The summed E-state index contributed by atoms with van der Waals surface area (Å²) in [6.07, 6.45) is -2.32. The van der Waals surface area contributed by atoms with E-state index in [4.69, 9.17) is 11.5 Å². The summed E-state index contributed by atoms with van der Waals surface area (Å²) in [6, 6.07) is 0. The smallest absolute Gasteiger partial charge is 0.405 e. The predicted octanol–water partition coefficient (Wildman–Crippen LogP) is 4.53. The number of ether oxygens (including phenoxy) is 1. The second-order valence-electron chi connectivity index (χ2n) is 9.79. The number of nitrogens with zero attached hydrogens (tertiary/aromatic N) is 3. The van der Waals surface area contributed by atoms with Gasteiger partial charge in [-0.3, -0.25) is 9.36 Å². The van der Waals surface area contributed by atoms with Crippen molar-refractivity contribution in [1.29, 1.82) is 0 Å². The maximum absolute atomic E-state index is 12.9. The zero-order valence-electron chi connectivity index (χ0n) is 21.4. The number of carbonyl (C=O) groups is 1. The predicted molar refractivity (Wildman–Crippen MR) is 128 cm³/mol. The van der Waals surface area contributed by atoms with E-state index < -0.39 is 23.8 Å². The van der Waals surface area contributed by atoms with E-state index >= 15 is 0 Å². The lowest BCUT2D eigenvalue weighted by molar-refractivity contribution is -0.174. The summed E-state index contributed by atoms with van der Waals surface area (Å²) in [7, 11) is 1.65. The molecule has 2 aliphatic rings. The van der Waals surface area contributed by atoms with Gasteiger partial charge in [0.2, 0.25) is 5.95 Å². The Morgan fingerprint density at radius 2 is 1.68 bits per heavy atom. The monoisotopic (exact) mass is 491 g/mol. The number of piperidine rings is 1. The van der Waals surface area contributed by atoms with Crippen LogP contribution in [0, 0.1) is 18.3 Å². The number of nitrogen functional groups attached to an aromatic ring is 1. The van der Waals surface area contributed by atoms with Crippen LogP contribution in [-0.4, -0.2) is 40.5 Å². The van der Waals surface area contributed by atoms with E-state index in [1.54, 1.807) is 34.7 Å². The lowest BCUT2D eigenvalue weighted by Gasteiger charge is -2.40. The van der Waals surface area contributed by atoms with E-state index in [9.17, 15) is 22.8 Å². The van der Waals surface area contributed by atoms with E-state index in [1.165, 1.54) is 4.57 Å². The molecular formula is C23H40F3N5O3. The molecule has 4 N–H and O–H groups in total. The molecule has 1 saturated heterocycles. The van der Waals surface area contributed by atoms with Crippen molar-refractivity contribution in [2.24, 2.45) is 24.1 Å². The number of hydrogen-bond acceptors (Lipinski definition) is 6. The second-order valence-corrected chi connectivity index (χ2v) is 9.79. The number of anilines is 2. The van der Waals surface area contributed by atoms with Crippen molar-refractivity contribution in [3.05, 3.63) is 15.9 Å². The van der Waals surface area contributed by atoms with Crippen molar-refractivity contribution in [3.63, 3.8) is 0 Å². The van der Waals surface area contributed by atoms with Crippen LogP contribution >= 0.6 is 0 Å². The van der Waals surface area contributed by atoms with Gasteiger partial charge < -0.3 is 21.1 Å². The van der Waals surface area contributed by atoms with Crippen molar-refractivity contribution < 1.29 is 22.7 Å². The van der Waals surface area contributed by atoms with Crippen LogP contribution < -0.4 is 21.9 Å². The molecule has 1 amide bonds. The molecule has 2 heterocycles. The Morgan fingerprint density at radius 3 is 2.06 bits per heavy atom. The Kier molecular flexibility index (Phi) is 9.84. The van der Waals surface area contributed by atoms with Crippen LogP contribution in [0.4, 0.5) is 29.7 Å². The fourth-order valence-corrected chi connectivity index (χ4v) is 4.42. The van der Waals surface area contributed by atoms with Crippen molar-refractivity contribution in [1.82, 2.24) is 9.55 Å². The van der Waals surface area contributed by atoms with Gasteiger partial charge in [0.1, 0.15) is 11.4 Å². The molecule has 2 fully saturated rings. The molecule has 0 aromatic carbocycles. The third kappa shape index (κ3) is 7.80. The number of halogens is 3. The maximum atomic E-state index is 12.9. The lowest BCUT2D eigenvalue weighted by atomic mass is 9.76. The highest BCUT2D eigenvalue weighted by Crippen LogP contribution is 2.53. The molecule has 11 heteroatoms. The number of hydrogen-bond donors (Lipinski definition) is 2. The minimum absolute atomic E-state index is 0.184.